The summed E-state index contributed by atoms with van der Waals surface area (Å²) in [5, 5.41) is 10.4. The van der Waals surface area contributed by atoms with Crippen LogP contribution >= 0.6 is 0 Å². The summed E-state index contributed by atoms with van der Waals surface area (Å²) < 4.78 is 1.99. The van der Waals surface area contributed by atoms with E-state index in [0.717, 1.165) is 24.1 Å². The summed E-state index contributed by atoms with van der Waals surface area (Å²) >= 11 is 0. The van der Waals surface area contributed by atoms with Crippen molar-refractivity contribution in [2.75, 3.05) is 6.61 Å². The number of benzene rings is 1. The van der Waals surface area contributed by atoms with Gasteiger partial charge < -0.3 is 9.67 Å². The van der Waals surface area contributed by atoms with Gasteiger partial charge in [0.2, 0.25) is 0 Å². The van der Waals surface area contributed by atoms with E-state index >= 15 is 0 Å². The molecule has 0 spiro atoms. The Hall–Kier alpha value is -1.61. The van der Waals surface area contributed by atoms with Crippen molar-refractivity contribution in [1.82, 2.24) is 4.57 Å². The maximum absolute atomic E-state index is 12.1. The molecule has 94 valence electrons. The van der Waals surface area contributed by atoms with Crippen LogP contribution in [0.1, 0.15) is 34.5 Å². The minimum atomic E-state index is 0.0668. The van der Waals surface area contributed by atoms with Crippen LogP contribution in [0, 0.1) is 6.92 Å². The van der Waals surface area contributed by atoms with Gasteiger partial charge >= 0.3 is 0 Å². The number of ketones is 1. The molecule has 3 nitrogen and oxygen atoms in total. The van der Waals surface area contributed by atoms with E-state index in [1.54, 1.807) is 0 Å². The Morgan fingerprint density at radius 2 is 2.17 bits per heavy atom. The van der Waals surface area contributed by atoms with Crippen LogP contribution in [0.2, 0.25) is 0 Å². The first kappa shape index (κ1) is 11.5. The number of aliphatic hydroxyl groups is 1. The maximum atomic E-state index is 12.1. The van der Waals surface area contributed by atoms with Crippen LogP contribution in [0.5, 0.6) is 0 Å². The third-order valence-electron chi connectivity index (χ3n) is 3.74. The Morgan fingerprint density at radius 1 is 1.33 bits per heavy atom. The summed E-state index contributed by atoms with van der Waals surface area (Å²) in [4.78, 5) is 12.1. The van der Waals surface area contributed by atoms with E-state index in [1.165, 1.54) is 16.5 Å². The maximum Gasteiger partial charge on any atom is 0.179 e. The van der Waals surface area contributed by atoms with Gasteiger partial charge in [0.25, 0.3) is 0 Å². The topological polar surface area (TPSA) is 42.2 Å². The number of hydrogen-bond donors (Lipinski definition) is 1. The summed E-state index contributed by atoms with van der Waals surface area (Å²) in [6, 6.07) is 6.28. The fourth-order valence-corrected chi connectivity index (χ4v) is 2.99. The van der Waals surface area contributed by atoms with Crippen LogP contribution in [0.15, 0.2) is 18.2 Å². The third kappa shape index (κ3) is 1.58. The van der Waals surface area contributed by atoms with Gasteiger partial charge in [0, 0.05) is 23.9 Å². The van der Waals surface area contributed by atoms with Gasteiger partial charge in [-0.25, -0.2) is 0 Å². The van der Waals surface area contributed by atoms with Crippen molar-refractivity contribution in [3.8, 4) is 0 Å². The second kappa shape index (κ2) is 4.25. The molecule has 0 bridgehead atoms. The van der Waals surface area contributed by atoms with Gasteiger partial charge in [-0.1, -0.05) is 11.6 Å². The zero-order chi connectivity index (χ0) is 12.7. The highest BCUT2D eigenvalue weighted by Gasteiger charge is 2.25. The number of carbonyl (C=O) groups is 1. The Bertz CT molecular complexity index is 625. The minimum absolute atomic E-state index is 0.0668. The van der Waals surface area contributed by atoms with Gasteiger partial charge in [0.05, 0.1) is 12.3 Å². The smallest absolute Gasteiger partial charge is 0.179 e. The lowest BCUT2D eigenvalue weighted by atomic mass is 9.94. The van der Waals surface area contributed by atoms with Gasteiger partial charge in [0.1, 0.15) is 0 Å². The minimum Gasteiger partial charge on any atom is -0.395 e. The molecule has 2 aromatic rings. The lowest BCUT2D eigenvalue weighted by molar-refractivity contribution is 0.0962. The number of fused-ring (bicyclic) bond motifs is 3. The van der Waals surface area contributed by atoms with E-state index in [4.69, 9.17) is 0 Å². The first-order valence-corrected chi connectivity index (χ1v) is 6.48. The second-order valence-corrected chi connectivity index (χ2v) is 5.00. The average Bonchev–Trinajstić information content (AvgIpc) is 2.66. The van der Waals surface area contributed by atoms with Crippen LogP contribution in [0.4, 0.5) is 0 Å². The van der Waals surface area contributed by atoms with Crippen molar-refractivity contribution >= 4 is 16.7 Å². The third-order valence-corrected chi connectivity index (χ3v) is 3.74. The highest BCUT2D eigenvalue weighted by Crippen LogP contribution is 2.32. The molecule has 1 N–H and O–H groups in total. The Morgan fingerprint density at radius 3 is 2.94 bits per heavy atom. The second-order valence-electron chi connectivity index (χ2n) is 5.00. The van der Waals surface area contributed by atoms with Gasteiger partial charge in [-0.15, -0.1) is 0 Å². The van der Waals surface area contributed by atoms with Crippen molar-refractivity contribution in [1.29, 1.82) is 0 Å². The number of carbonyl (C=O) groups excluding carboxylic acids is 1. The molecule has 0 saturated heterocycles. The number of Topliss-reactive ketones (excluding diaryl/α,β-unsaturated/α-hetero) is 1. The quantitative estimate of drug-likeness (QED) is 0.880. The standard InChI is InChI=1S/C15H17NO2/c1-10-5-6-13-12(9-10)11-3-2-4-14(18)15(11)16(13)7-8-17/h5-6,9,17H,2-4,7-8H2,1H3. The van der Waals surface area contributed by atoms with E-state index in [-0.39, 0.29) is 12.4 Å². The molecule has 1 aromatic heterocycles. The monoisotopic (exact) mass is 243 g/mol. The first-order valence-electron chi connectivity index (χ1n) is 6.48. The molecule has 3 rings (SSSR count). The fourth-order valence-electron chi connectivity index (χ4n) is 2.99. The van der Waals surface area contributed by atoms with E-state index in [1.807, 2.05) is 4.57 Å². The molecule has 1 aliphatic rings. The van der Waals surface area contributed by atoms with E-state index in [9.17, 15) is 9.90 Å². The van der Waals surface area contributed by atoms with Crippen LogP contribution in [-0.4, -0.2) is 22.1 Å². The average molecular weight is 243 g/mol. The summed E-state index contributed by atoms with van der Waals surface area (Å²) in [6.07, 6.45) is 2.55. The van der Waals surface area contributed by atoms with E-state index in [0.29, 0.717) is 13.0 Å². The predicted molar refractivity (Wildman–Crippen MR) is 71.0 cm³/mol. The van der Waals surface area contributed by atoms with Crippen molar-refractivity contribution < 1.29 is 9.90 Å². The largest absolute Gasteiger partial charge is 0.395 e. The number of aliphatic hydroxyl groups excluding tert-OH is 1. The molecule has 0 atom stereocenters. The summed E-state index contributed by atoms with van der Waals surface area (Å²) in [7, 11) is 0. The summed E-state index contributed by atoms with van der Waals surface area (Å²) in [6.45, 7) is 2.64. The van der Waals surface area contributed by atoms with Gasteiger partial charge in [0.15, 0.2) is 5.78 Å². The lowest BCUT2D eigenvalue weighted by Gasteiger charge is -2.14. The molecule has 0 fully saturated rings. The van der Waals surface area contributed by atoms with Crippen LogP contribution in [0.25, 0.3) is 10.9 Å². The van der Waals surface area contributed by atoms with Crippen molar-refractivity contribution in [2.24, 2.45) is 0 Å². The summed E-state index contributed by atoms with van der Waals surface area (Å²) in [5.74, 6) is 0.221. The van der Waals surface area contributed by atoms with Crippen molar-refractivity contribution in [3.05, 3.63) is 35.0 Å². The number of nitrogens with zero attached hydrogens (tertiary/aromatic N) is 1. The normalized spacial score (nSPS) is 15.1. The van der Waals surface area contributed by atoms with Gasteiger partial charge in [-0.3, -0.25) is 4.79 Å². The Labute approximate surface area is 106 Å². The number of hydrogen-bond acceptors (Lipinski definition) is 2. The molecule has 1 aliphatic carbocycles. The molecule has 0 saturated carbocycles. The number of aryl methyl sites for hydroxylation is 2. The van der Waals surface area contributed by atoms with Crippen LogP contribution in [0.3, 0.4) is 0 Å². The Kier molecular flexibility index (Phi) is 2.71. The zero-order valence-electron chi connectivity index (χ0n) is 10.6. The number of aromatic nitrogens is 1. The zero-order valence-corrected chi connectivity index (χ0v) is 10.6. The SMILES string of the molecule is Cc1ccc2c(c1)c1c(n2CCO)C(=O)CCC1. The lowest BCUT2D eigenvalue weighted by Crippen LogP contribution is -2.16. The Balaban J connectivity index is 2.35. The summed E-state index contributed by atoms with van der Waals surface area (Å²) in [5.41, 5.74) is 4.30. The molecule has 1 aromatic carbocycles. The molecule has 1 heterocycles. The van der Waals surface area contributed by atoms with Crippen molar-refractivity contribution in [2.45, 2.75) is 32.7 Å². The van der Waals surface area contributed by atoms with Crippen LogP contribution in [-0.2, 0) is 13.0 Å². The van der Waals surface area contributed by atoms with Crippen molar-refractivity contribution in [3.63, 3.8) is 0 Å². The molecule has 0 aliphatic heterocycles. The van der Waals surface area contributed by atoms with E-state index in [2.05, 4.69) is 25.1 Å². The highest BCUT2D eigenvalue weighted by atomic mass is 16.3. The molecule has 0 amide bonds. The van der Waals surface area contributed by atoms with E-state index < -0.39 is 0 Å². The fraction of sp³-hybridized carbons (Fsp3) is 0.400. The van der Waals surface area contributed by atoms with Crippen LogP contribution < -0.4 is 0 Å². The first-order chi connectivity index (χ1) is 8.72. The van der Waals surface area contributed by atoms with Gasteiger partial charge in [-0.2, -0.15) is 0 Å². The molecule has 0 radical (unpaired) electrons. The number of rotatable bonds is 2. The molecule has 18 heavy (non-hydrogen) atoms. The predicted octanol–water partition coefficient (Wildman–Crippen LogP) is 2.46. The molecular formula is C15H17NO2. The molecular weight excluding hydrogens is 226 g/mol. The van der Waals surface area contributed by atoms with Gasteiger partial charge in [-0.05, 0) is 37.5 Å². The molecule has 0 unspecified atom stereocenters. The molecule has 3 heteroatoms. The highest BCUT2D eigenvalue weighted by molar-refractivity contribution is 6.04.